The Bertz CT molecular complexity index is 827. The van der Waals surface area contributed by atoms with Crippen LogP contribution in [0.25, 0.3) is 6.08 Å². The van der Waals surface area contributed by atoms with Crippen LogP contribution in [0.15, 0.2) is 30.5 Å². The first-order valence-electron chi connectivity index (χ1n) is 8.63. The molecule has 0 N–H and O–H groups in total. The molecule has 6 heteroatoms. The highest BCUT2D eigenvalue weighted by Gasteiger charge is 2.38. The predicted molar refractivity (Wildman–Crippen MR) is 94.2 cm³/mol. The Labute approximate surface area is 147 Å². The zero-order valence-corrected chi connectivity index (χ0v) is 14.6. The maximum Gasteiger partial charge on any atom is 0.253 e. The van der Waals surface area contributed by atoms with Crippen LogP contribution in [0.4, 0.5) is 0 Å². The Morgan fingerprint density at radius 2 is 2.20 bits per heavy atom. The SMILES string of the molecule is CO[C@@H]1CN(C(=O)c2ccc3c(c2)CCC=C3)C[C@H]1c1cn(C)nn1. The summed E-state index contributed by atoms with van der Waals surface area (Å²) >= 11 is 0. The lowest BCUT2D eigenvalue weighted by Crippen LogP contribution is -2.30. The van der Waals surface area contributed by atoms with Gasteiger partial charge in [0.05, 0.1) is 17.7 Å². The average Bonchev–Trinajstić information content (AvgIpc) is 3.26. The Kier molecular flexibility index (Phi) is 4.13. The van der Waals surface area contributed by atoms with Crippen LogP contribution in [0.2, 0.25) is 0 Å². The second kappa shape index (κ2) is 6.44. The van der Waals surface area contributed by atoms with Gasteiger partial charge in [0.25, 0.3) is 5.91 Å². The van der Waals surface area contributed by atoms with Crippen molar-refractivity contribution < 1.29 is 9.53 Å². The molecule has 2 aliphatic rings. The number of benzene rings is 1. The van der Waals surface area contributed by atoms with Crippen molar-refractivity contribution >= 4 is 12.0 Å². The monoisotopic (exact) mass is 338 g/mol. The number of methoxy groups -OCH3 is 1. The maximum absolute atomic E-state index is 13.0. The minimum Gasteiger partial charge on any atom is -0.379 e. The molecule has 1 fully saturated rings. The Morgan fingerprint density at radius 1 is 1.32 bits per heavy atom. The number of hydrogen-bond acceptors (Lipinski definition) is 4. The molecule has 0 radical (unpaired) electrons. The summed E-state index contributed by atoms with van der Waals surface area (Å²) in [4.78, 5) is 14.9. The molecule has 2 atom stereocenters. The molecule has 130 valence electrons. The van der Waals surface area contributed by atoms with Crippen molar-refractivity contribution in [2.75, 3.05) is 20.2 Å². The van der Waals surface area contributed by atoms with Crippen molar-refractivity contribution in [2.24, 2.45) is 7.05 Å². The van der Waals surface area contributed by atoms with E-state index in [9.17, 15) is 4.79 Å². The van der Waals surface area contributed by atoms with Crippen molar-refractivity contribution in [1.29, 1.82) is 0 Å². The van der Waals surface area contributed by atoms with Gasteiger partial charge in [0.2, 0.25) is 0 Å². The number of hydrogen-bond donors (Lipinski definition) is 0. The topological polar surface area (TPSA) is 60.2 Å². The molecule has 25 heavy (non-hydrogen) atoms. The first-order chi connectivity index (χ1) is 12.2. The highest BCUT2D eigenvalue weighted by Crippen LogP contribution is 2.30. The summed E-state index contributed by atoms with van der Waals surface area (Å²) in [5, 5.41) is 8.21. The number of rotatable bonds is 3. The zero-order chi connectivity index (χ0) is 17.4. The van der Waals surface area contributed by atoms with Gasteiger partial charge in [-0.25, -0.2) is 0 Å². The normalized spacial score (nSPS) is 22.2. The van der Waals surface area contributed by atoms with E-state index in [1.807, 2.05) is 36.3 Å². The molecule has 4 rings (SSSR count). The van der Waals surface area contributed by atoms with Gasteiger partial charge in [0.1, 0.15) is 0 Å². The minimum absolute atomic E-state index is 0.0544. The molecule has 2 heterocycles. The van der Waals surface area contributed by atoms with Gasteiger partial charge in [-0.1, -0.05) is 23.4 Å². The van der Waals surface area contributed by atoms with E-state index in [1.165, 1.54) is 11.1 Å². The largest absolute Gasteiger partial charge is 0.379 e. The number of fused-ring (bicyclic) bond motifs is 1. The lowest BCUT2D eigenvalue weighted by atomic mass is 9.95. The number of aromatic nitrogens is 3. The predicted octanol–water partition coefficient (Wildman–Crippen LogP) is 2.03. The van der Waals surface area contributed by atoms with E-state index >= 15 is 0 Å². The summed E-state index contributed by atoms with van der Waals surface area (Å²) in [6.07, 6.45) is 8.19. The summed E-state index contributed by atoms with van der Waals surface area (Å²) in [6, 6.07) is 6.01. The Balaban J connectivity index is 1.55. The van der Waals surface area contributed by atoms with E-state index in [0.29, 0.717) is 13.1 Å². The summed E-state index contributed by atoms with van der Waals surface area (Å²) < 4.78 is 7.30. The molecule has 0 unspecified atom stereocenters. The number of carbonyl (C=O) groups is 1. The van der Waals surface area contributed by atoms with Gasteiger partial charge in [0, 0.05) is 39.0 Å². The van der Waals surface area contributed by atoms with Crippen LogP contribution in [0.3, 0.4) is 0 Å². The second-order valence-electron chi connectivity index (χ2n) is 6.76. The van der Waals surface area contributed by atoms with Gasteiger partial charge in [0.15, 0.2) is 0 Å². The molecule has 1 aromatic carbocycles. The standard InChI is InChI=1S/C19H22N4O2/c1-22-11-17(20-21-22)16-10-23(12-18(16)25-2)19(24)15-8-7-13-5-3-4-6-14(13)9-15/h3,5,7-9,11,16,18H,4,6,10,12H2,1-2H3/t16-,18+/m0/s1. The lowest BCUT2D eigenvalue weighted by molar-refractivity contribution is 0.0714. The number of nitrogens with zero attached hydrogens (tertiary/aromatic N) is 4. The minimum atomic E-state index is -0.0544. The number of amides is 1. The number of likely N-dealkylation sites (tertiary alicyclic amines) is 1. The summed E-state index contributed by atoms with van der Waals surface area (Å²) in [6.45, 7) is 1.18. The molecule has 0 spiro atoms. The molecular formula is C19H22N4O2. The molecule has 1 aliphatic carbocycles. The van der Waals surface area contributed by atoms with Crippen LogP contribution in [0.1, 0.15) is 39.5 Å². The van der Waals surface area contributed by atoms with Crippen LogP contribution in [-0.2, 0) is 18.2 Å². The number of ether oxygens (including phenoxy) is 1. The number of aryl methyl sites for hydroxylation is 2. The van der Waals surface area contributed by atoms with E-state index < -0.39 is 0 Å². The van der Waals surface area contributed by atoms with Crippen LogP contribution in [0.5, 0.6) is 0 Å². The van der Waals surface area contributed by atoms with Crippen LogP contribution in [0, 0.1) is 0 Å². The van der Waals surface area contributed by atoms with Gasteiger partial charge in [-0.3, -0.25) is 9.48 Å². The molecule has 6 nitrogen and oxygen atoms in total. The summed E-state index contributed by atoms with van der Waals surface area (Å²) in [7, 11) is 3.53. The fourth-order valence-electron chi connectivity index (χ4n) is 3.75. The lowest BCUT2D eigenvalue weighted by Gasteiger charge is -2.18. The number of allylic oxidation sites excluding steroid dienone is 1. The highest BCUT2D eigenvalue weighted by atomic mass is 16.5. The third-order valence-electron chi connectivity index (χ3n) is 5.12. The molecule has 1 aromatic heterocycles. The molecule has 1 aliphatic heterocycles. The van der Waals surface area contributed by atoms with Gasteiger partial charge in [-0.05, 0) is 36.1 Å². The zero-order valence-electron chi connectivity index (χ0n) is 14.6. The van der Waals surface area contributed by atoms with Crippen molar-refractivity contribution in [3.63, 3.8) is 0 Å². The fraction of sp³-hybridized carbons (Fsp3) is 0.421. The van der Waals surface area contributed by atoms with E-state index in [-0.39, 0.29) is 17.9 Å². The van der Waals surface area contributed by atoms with Gasteiger partial charge in [-0.2, -0.15) is 0 Å². The third kappa shape index (κ3) is 2.98. The summed E-state index contributed by atoms with van der Waals surface area (Å²) in [5.41, 5.74) is 4.10. The quantitative estimate of drug-likeness (QED) is 0.859. The fourth-order valence-corrected chi connectivity index (χ4v) is 3.75. The van der Waals surface area contributed by atoms with Gasteiger partial charge >= 0.3 is 0 Å². The van der Waals surface area contributed by atoms with Crippen LogP contribution in [-0.4, -0.2) is 52.1 Å². The average molecular weight is 338 g/mol. The molecule has 2 aromatic rings. The van der Waals surface area contributed by atoms with E-state index in [2.05, 4.69) is 22.5 Å². The van der Waals surface area contributed by atoms with Crippen molar-refractivity contribution in [3.8, 4) is 0 Å². The Hall–Kier alpha value is -2.47. The third-order valence-corrected chi connectivity index (χ3v) is 5.12. The molecular weight excluding hydrogens is 316 g/mol. The second-order valence-corrected chi connectivity index (χ2v) is 6.76. The van der Waals surface area contributed by atoms with Gasteiger partial charge in [-0.15, -0.1) is 5.10 Å². The Morgan fingerprint density at radius 3 is 2.96 bits per heavy atom. The van der Waals surface area contributed by atoms with Crippen molar-refractivity contribution in [1.82, 2.24) is 19.9 Å². The van der Waals surface area contributed by atoms with E-state index in [1.54, 1.807) is 11.8 Å². The molecule has 1 amide bonds. The first kappa shape index (κ1) is 16.0. The van der Waals surface area contributed by atoms with E-state index in [4.69, 9.17) is 4.74 Å². The van der Waals surface area contributed by atoms with Crippen LogP contribution >= 0.6 is 0 Å². The van der Waals surface area contributed by atoms with E-state index in [0.717, 1.165) is 24.1 Å². The van der Waals surface area contributed by atoms with Crippen molar-refractivity contribution in [3.05, 3.63) is 52.9 Å². The summed E-state index contributed by atoms with van der Waals surface area (Å²) in [5.74, 6) is 0.119. The first-order valence-corrected chi connectivity index (χ1v) is 8.63. The van der Waals surface area contributed by atoms with Gasteiger partial charge < -0.3 is 9.64 Å². The number of carbonyl (C=O) groups excluding carboxylic acids is 1. The highest BCUT2D eigenvalue weighted by molar-refractivity contribution is 5.95. The van der Waals surface area contributed by atoms with Crippen LogP contribution < -0.4 is 0 Å². The molecule has 0 bridgehead atoms. The molecule has 1 saturated heterocycles. The maximum atomic E-state index is 13.0. The molecule has 0 saturated carbocycles. The smallest absolute Gasteiger partial charge is 0.253 e. The van der Waals surface area contributed by atoms with Crippen molar-refractivity contribution in [2.45, 2.75) is 24.9 Å².